The predicted molar refractivity (Wildman–Crippen MR) is 117 cm³/mol. The lowest BCUT2D eigenvalue weighted by atomic mass is 10.1. The molecule has 1 aromatic carbocycles. The second-order valence-electron chi connectivity index (χ2n) is 6.59. The molecule has 1 aliphatic rings. The van der Waals surface area contributed by atoms with Gasteiger partial charge in [-0.1, -0.05) is 11.6 Å². The quantitative estimate of drug-likeness (QED) is 0.549. The highest BCUT2D eigenvalue weighted by Crippen LogP contribution is 2.35. The number of halogens is 1. The van der Waals surface area contributed by atoms with Gasteiger partial charge in [-0.25, -0.2) is 8.42 Å². The summed E-state index contributed by atoms with van der Waals surface area (Å²) in [6, 6.07) is 9.50. The number of amides is 2. The number of carbonyl (C=O) groups excluding carboxylic acids is 2. The summed E-state index contributed by atoms with van der Waals surface area (Å²) in [6.07, 6.45) is 2.62. The number of hydrogen-bond donors (Lipinski definition) is 3. The number of benzene rings is 1. The molecule has 154 valence electrons. The van der Waals surface area contributed by atoms with Crippen LogP contribution in [0.25, 0.3) is 11.3 Å². The van der Waals surface area contributed by atoms with Crippen molar-refractivity contribution in [3.8, 4) is 11.3 Å². The van der Waals surface area contributed by atoms with Crippen molar-refractivity contribution in [1.82, 2.24) is 10.3 Å². The average Bonchev–Trinajstić information content (AvgIpc) is 3.03. The largest absolute Gasteiger partial charge is 0.347 e. The number of pyridine rings is 1. The molecule has 8 nitrogen and oxygen atoms in total. The third kappa shape index (κ3) is 4.30. The minimum Gasteiger partial charge on any atom is -0.347 e. The Balaban J connectivity index is 1.64. The van der Waals surface area contributed by atoms with Gasteiger partial charge in [0.25, 0.3) is 11.8 Å². The number of nitrogens with one attached hydrogen (secondary N) is 3. The molecule has 0 unspecified atom stereocenters. The van der Waals surface area contributed by atoms with Crippen LogP contribution >= 0.6 is 22.9 Å². The Labute approximate surface area is 181 Å². The summed E-state index contributed by atoms with van der Waals surface area (Å²) >= 11 is 7.30. The van der Waals surface area contributed by atoms with E-state index < -0.39 is 10.0 Å². The van der Waals surface area contributed by atoms with Crippen LogP contribution in [-0.2, 0) is 16.6 Å². The van der Waals surface area contributed by atoms with Gasteiger partial charge in [0.15, 0.2) is 0 Å². The summed E-state index contributed by atoms with van der Waals surface area (Å²) < 4.78 is 25.2. The van der Waals surface area contributed by atoms with E-state index in [1.54, 1.807) is 24.4 Å². The van der Waals surface area contributed by atoms with Crippen molar-refractivity contribution < 1.29 is 18.0 Å². The number of fused-ring (bicyclic) bond motifs is 3. The monoisotopic (exact) mass is 462 g/mol. The van der Waals surface area contributed by atoms with Crippen LogP contribution in [0, 0.1) is 0 Å². The Morgan fingerprint density at radius 1 is 1.20 bits per heavy atom. The van der Waals surface area contributed by atoms with Crippen molar-refractivity contribution in [3.05, 3.63) is 62.9 Å². The van der Waals surface area contributed by atoms with Gasteiger partial charge in [0.05, 0.1) is 34.6 Å². The lowest BCUT2D eigenvalue weighted by Gasteiger charge is -2.09. The van der Waals surface area contributed by atoms with Gasteiger partial charge >= 0.3 is 0 Å². The molecule has 0 saturated heterocycles. The van der Waals surface area contributed by atoms with Gasteiger partial charge in [-0.15, -0.1) is 11.3 Å². The van der Waals surface area contributed by atoms with Crippen molar-refractivity contribution >= 4 is 56.2 Å². The first-order valence-electron chi connectivity index (χ1n) is 8.65. The first-order chi connectivity index (χ1) is 14.2. The van der Waals surface area contributed by atoms with Crippen molar-refractivity contribution in [2.24, 2.45) is 0 Å². The zero-order valence-corrected chi connectivity index (χ0v) is 17.9. The van der Waals surface area contributed by atoms with E-state index >= 15 is 0 Å². The third-order valence-corrected chi connectivity index (χ3v) is 6.17. The Hall–Kier alpha value is -2.95. The minimum absolute atomic E-state index is 0.211. The fourth-order valence-electron chi connectivity index (χ4n) is 3.06. The van der Waals surface area contributed by atoms with E-state index in [1.807, 2.05) is 0 Å². The molecule has 3 aromatic rings. The summed E-state index contributed by atoms with van der Waals surface area (Å²) in [7, 11) is -3.49. The Morgan fingerprint density at radius 3 is 2.73 bits per heavy atom. The highest BCUT2D eigenvalue weighted by Gasteiger charge is 2.24. The molecule has 3 heterocycles. The van der Waals surface area contributed by atoms with Gasteiger partial charge in [0, 0.05) is 27.3 Å². The van der Waals surface area contributed by atoms with E-state index in [0.717, 1.165) is 16.7 Å². The van der Waals surface area contributed by atoms with Crippen molar-refractivity contribution in [1.29, 1.82) is 0 Å². The van der Waals surface area contributed by atoms with Crippen LogP contribution < -0.4 is 15.4 Å². The molecule has 0 radical (unpaired) electrons. The van der Waals surface area contributed by atoms with E-state index in [2.05, 4.69) is 20.3 Å². The number of rotatable bonds is 4. The summed E-state index contributed by atoms with van der Waals surface area (Å²) in [5, 5.41) is 5.81. The number of anilines is 2. The molecular weight excluding hydrogens is 448 g/mol. The van der Waals surface area contributed by atoms with E-state index in [9.17, 15) is 18.0 Å². The van der Waals surface area contributed by atoms with Crippen LogP contribution in [0.5, 0.6) is 0 Å². The number of sulfonamides is 1. The van der Waals surface area contributed by atoms with Crippen LogP contribution in [-0.4, -0.2) is 31.5 Å². The maximum absolute atomic E-state index is 12.8. The van der Waals surface area contributed by atoms with Crippen LogP contribution in [0.15, 0.2) is 42.6 Å². The predicted octanol–water partition coefficient (Wildman–Crippen LogP) is 3.33. The van der Waals surface area contributed by atoms with Gasteiger partial charge in [0.2, 0.25) is 10.0 Å². The molecule has 0 atom stereocenters. The molecule has 0 fully saturated rings. The fraction of sp³-hybridized carbons (Fsp3) is 0.105. The van der Waals surface area contributed by atoms with E-state index in [0.29, 0.717) is 28.4 Å². The molecule has 4 rings (SSSR count). The van der Waals surface area contributed by atoms with Crippen LogP contribution in [0.1, 0.15) is 24.9 Å². The number of hydrogen-bond acceptors (Lipinski definition) is 6. The molecule has 0 saturated carbocycles. The van der Waals surface area contributed by atoms with Crippen LogP contribution in [0.3, 0.4) is 0 Å². The molecular formula is C19H15ClN4O4S2. The zero-order valence-electron chi connectivity index (χ0n) is 15.5. The molecule has 30 heavy (non-hydrogen) atoms. The maximum Gasteiger partial charge on any atom is 0.265 e. The second kappa shape index (κ2) is 7.71. The first kappa shape index (κ1) is 20.3. The first-order valence-corrected chi connectivity index (χ1v) is 11.7. The Bertz CT molecular complexity index is 1290. The number of thiophene rings is 1. The maximum atomic E-state index is 12.8. The summed E-state index contributed by atoms with van der Waals surface area (Å²) in [5.74, 6) is -0.596. The van der Waals surface area contributed by atoms with E-state index in [-0.39, 0.29) is 22.5 Å². The van der Waals surface area contributed by atoms with Crippen LogP contribution in [0.4, 0.5) is 11.4 Å². The van der Waals surface area contributed by atoms with Gasteiger partial charge < -0.3 is 10.6 Å². The Morgan fingerprint density at radius 2 is 1.97 bits per heavy atom. The number of nitrogens with zero attached hydrogens (tertiary/aromatic N) is 1. The molecule has 1 aliphatic heterocycles. The lowest BCUT2D eigenvalue weighted by Crippen LogP contribution is -2.21. The molecule has 0 bridgehead atoms. The Kier molecular flexibility index (Phi) is 5.22. The van der Waals surface area contributed by atoms with Gasteiger partial charge in [-0.3, -0.25) is 19.3 Å². The summed E-state index contributed by atoms with van der Waals surface area (Å²) in [4.78, 5) is 30.6. The van der Waals surface area contributed by atoms with Gasteiger partial charge in [0.1, 0.15) is 0 Å². The normalized spacial score (nSPS) is 12.9. The molecule has 0 spiro atoms. The van der Waals surface area contributed by atoms with Crippen molar-refractivity contribution in [2.45, 2.75) is 6.54 Å². The summed E-state index contributed by atoms with van der Waals surface area (Å²) in [5.41, 5.74) is 2.29. The zero-order chi connectivity index (χ0) is 21.5. The third-order valence-electron chi connectivity index (χ3n) is 4.21. The summed E-state index contributed by atoms with van der Waals surface area (Å²) in [6.45, 7) is 0.294. The lowest BCUT2D eigenvalue weighted by molar-refractivity contribution is 0.0952. The fourth-order valence-corrected chi connectivity index (χ4v) is 4.84. The van der Waals surface area contributed by atoms with E-state index in [1.165, 1.54) is 29.5 Å². The molecule has 3 N–H and O–H groups in total. The molecule has 2 aromatic heterocycles. The highest BCUT2D eigenvalue weighted by molar-refractivity contribution is 7.92. The average molecular weight is 463 g/mol. The smallest absolute Gasteiger partial charge is 0.265 e. The highest BCUT2D eigenvalue weighted by atomic mass is 35.5. The SMILES string of the molecule is CS(=O)(=O)Nc1cc(Cl)cc(NC(=O)c2cc3c(s2)CNC(=O)c2cccnc2-3)c1. The standard InChI is InChI=1S/C19H15ClN4O4S2/c1-30(27,28)24-12-6-10(20)5-11(7-12)23-19(26)15-8-14-16(29-15)9-22-18(25)13-3-2-4-21-17(13)14/h2-8,24H,9H2,1H3,(H,22,25)(H,23,26). The van der Waals surface area contributed by atoms with Crippen molar-refractivity contribution in [2.75, 3.05) is 16.3 Å². The molecule has 2 amide bonds. The second-order valence-corrected chi connectivity index (χ2v) is 9.91. The topological polar surface area (TPSA) is 117 Å². The number of aromatic nitrogens is 1. The molecule has 0 aliphatic carbocycles. The minimum atomic E-state index is -3.49. The van der Waals surface area contributed by atoms with Crippen LogP contribution in [0.2, 0.25) is 5.02 Å². The van der Waals surface area contributed by atoms with Crippen molar-refractivity contribution in [3.63, 3.8) is 0 Å². The van der Waals surface area contributed by atoms with Gasteiger partial charge in [-0.05, 0) is 36.4 Å². The van der Waals surface area contributed by atoms with E-state index in [4.69, 9.17) is 11.6 Å². The number of carbonyl (C=O) groups is 2. The van der Waals surface area contributed by atoms with Gasteiger partial charge in [-0.2, -0.15) is 0 Å². The molecule has 11 heteroatoms.